The van der Waals surface area contributed by atoms with Gasteiger partial charge < -0.3 is 9.47 Å². The van der Waals surface area contributed by atoms with Gasteiger partial charge >= 0.3 is 5.97 Å². The lowest BCUT2D eigenvalue weighted by atomic mass is 10.1. The van der Waals surface area contributed by atoms with Crippen molar-refractivity contribution in [1.29, 1.82) is 0 Å². The summed E-state index contributed by atoms with van der Waals surface area (Å²) in [7, 11) is -2.51. The lowest BCUT2D eigenvalue weighted by Gasteiger charge is -2.13. The molecule has 0 atom stereocenters. The van der Waals surface area contributed by atoms with Crippen LogP contribution in [0.25, 0.3) is 10.9 Å². The first kappa shape index (κ1) is 18.8. The Kier molecular flexibility index (Phi) is 5.14. The molecule has 27 heavy (non-hydrogen) atoms. The zero-order valence-electron chi connectivity index (χ0n) is 15.2. The maximum absolute atomic E-state index is 13.4. The number of methoxy groups -OCH3 is 1. The molecule has 0 aliphatic carbocycles. The van der Waals surface area contributed by atoms with Crippen molar-refractivity contribution in [3.63, 3.8) is 0 Å². The number of carbonyl (C=O) groups is 1. The molecule has 0 spiro atoms. The fourth-order valence-corrected chi connectivity index (χ4v) is 4.36. The summed E-state index contributed by atoms with van der Waals surface area (Å²) in [5, 5.41) is 0.306. The smallest absolute Gasteiger partial charge is 0.341 e. The standard InChI is InChI=1S/C20H19NO5S/c1-4-26-20(22)17-12-21-18-10-7-14(25-3)11-16(18)19(17)27(23,24)15-8-5-13(2)6-9-15/h5-12H,4H2,1-3H3. The molecule has 3 rings (SSSR count). The van der Waals surface area contributed by atoms with Gasteiger partial charge in [0.25, 0.3) is 0 Å². The van der Waals surface area contributed by atoms with Crippen molar-refractivity contribution in [2.24, 2.45) is 0 Å². The topological polar surface area (TPSA) is 82.6 Å². The Bertz CT molecular complexity index is 1110. The van der Waals surface area contributed by atoms with E-state index in [1.165, 1.54) is 25.4 Å². The van der Waals surface area contributed by atoms with Crippen molar-refractivity contribution < 1.29 is 22.7 Å². The summed E-state index contributed by atoms with van der Waals surface area (Å²) >= 11 is 0. The first-order valence-corrected chi connectivity index (χ1v) is 9.82. The molecule has 0 N–H and O–H groups in total. The predicted octanol–water partition coefficient (Wildman–Crippen LogP) is 3.56. The Morgan fingerprint density at radius 1 is 1.11 bits per heavy atom. The molecule has 7 heteroatoms. The molecular weight excluding hydrogens is 366 g/mol. The van der Waals surface area contributed by atoms with Gasteiger partial charge in [0.05, 0.1) is 34.6 Å². The largest absolute Gasteiger partial charge is 0.497 e. The van der Waals surface area contributed by atoms with Gasteiger partial charge in [0.15, 0.2) is 0 Å². The van der Waals surface area contributed by atoms with Gasteiger partial charge in [-0.2, -0.15) is 0 Å². The highest BCUT2D eigenvalue weighted by Gasteiger charge is 2.28. The summed E-state index contributed by atoms with van der Waals surface area (Å²) in [6.07, 6.45) is 1.24. The van der Waals surface area contributed by atoms with Crippen molar-refractivity contribution in [3.05, 3.63) is 59.8 Å². The molecule has 0 saturated heterocycles. The van der Waals surface area contributed by atoms with Crippen LogP contribution >= 0.6 is 0 Å². The molecule has 0 bridgehead atoms. The van der Waals surface area contributed by atoms with Crippen molar-refractivity contribution in [3.8, 4) is 5.75 Å². The van der Waals surface area contributed by atoms with Gasteiger partial charge in [0.1, 0.15) is 5.75 Å². The molecule has 1 aromatic heterocycles. The van der Waals surface area contributed by atoms with E-state index >= 15 is 0 Å². The lowest BCUT2D eigenvalue weighted by molar-refractivity contribution is 0.0521. The fraction of sp³-hybridized carbons (Fsp3) is 0.200. The fourth-order valence-electron chi connectivity index (χ4n) is 2.75. The number of aryl methyl sites for hydroxylation is 1. The van der Waals surface area contributed by atoms with E-state index in [4.69, 9.17) is 9.47 Å². The van der Waals surface area contributed by atoms with E-state index in [9.17, 15) is 13.2 Å². The quantitative estimate of drug-likeness (QED) is 0.625. The average molecular weight is 385 g/mol. The first-order valence-electron chi connectivity index (χ1n) is 8.34. The lowest BCUT2D eigenvalue weighted by Crippen LogP contribution is -2.14. The number of pyridine rings is 1. The van der Waals surface area contributed by atoms with E-state index < -0.39 is 15.8 Å². The summed E-state index contributed by atoms with van der Waals surface area (Å²) in [6.45, 7) is 3.65. The highest BCUT2D eigenvalue weighted by atomic mass is 32.2. The Morgan fingerprint density at radius 2 is 1.81 bits per heavy atom. The predicted molar refractivity (Wildman–Crippen MR) is 101 cm³/mol. The molecule has 0 aliphatic heterocycles. The second-order valence-corrected chi connectivity index (χ2v) is 7.81. The van der Waals surface area contributed by atoms with Crippen LogP contribution in [0, 0.1) is 6.92 Å². The van der Waals surface area contributed by atoms with Gasteiger partial charge in [-0.05, 0) is 44.2 Å². The van der Waals surface area contributed by atoms with E-state index in [0.717, 1.165) is 5.56 Å². The molecule has 0 amide bonds. The highest BCUT2D eigenvalue weighted by molar-refractivity contribution is 7.91. The number of hydrogen-bond donors (Lipinski definition) is 0. The summed E-state index contributed by atoms with van der Waals surface area (Å²) in [5.74, 6) is -0.272. The number of hydrogen-bond acceptors (Lipinski definition) is 6. The van der Waals surface area contributed by atoms with Gasteiger partial charge in [0.2, 0.25) is 9.84 Å². The zero-order valence-corrected chi connectivity index (χ0v) is 16.0. The third kappa shape index (κ3) is 3.50. The van der Waals surface area contributed by atoms with E-state index in [2.05, 4.69) is 4.98 Å². The van der Waals surface area contributed by atoms with Crippen molar-refractivity contribution in [2.45, 2.75) is 23.6 Å². The van der Waals surface area contributed by atoms with Crippen molar-refractivity contribution in [2.75, 3.05) is 13.7 Å². The van der Waals surface area contributed by atoms with Crippen LogP contribution in [0.1, 0.15) is 22.8 Å². The van der Waals surface area contributed by atoms with Crippen LogP contribution in [0.2, 0.25) is 0 Å². The molecule has 0 fully saturated rings. The third-order valence-corrected chi connectivity index (χ3v) is 5.99. The number of benzene rings is 2. The first-order chi connectivity index (χ1) is 12.9. The zero-order chi connectivity index (χ0) is 19.6. The van der Waals surface area contributed by atoms with Gasteiger partial charge in [-0.15, -0.1) is 0 Å². The van der Waals surface area contributed by atoms with E-state index in [1.807, 2.05) is 6.92 Å². The number of fused-ring (bicyclic) bond motifs is 1. The van der Waals surface area contributed by atoms with Crippen LogP contribution in [0.5, 0.6) is 5.75 Å². The number of nitrogens with zero attached hydrogens (tertiary/aromatic N) is 1. The van der Waals surface area contributed by atoms with Crippen LogP contribution < -0.4 is 4.74 Å². The number of aromatic nitrogens is 1. The van der Waals surface area contributed by atoms with Gasteiger partial charge in [-0.1, -0.05) is 17.7 Å². The van der Waals surface area contributed by atoms with Gasteiger partial charge in [-0.25, -0.2) is 13.2 Å². The Hall–Kier alpha value is -2.93. The number of rotatable bonds is 5. The van der Waals surface area contributed by atoms with Crippen LogP contribution in [0.3, 0.4) is 0 Å². The molecule has 2 aromatic carbocycles. The number of carbonyl (C=O) groups excluding carboxylic acids is 1. The summed E-state index contributed by atoms with van der Waals surface area (Å²) in [5.41, 5.74) is 1.27. The maximum Gasteiger partial charge on any atom is 0.341 e. The van der Waals surface area contributed by atoms with Crippen LogP contribution in [0.15, 0.2) is 58.5 Å². The Balaban J connectivity index is 2.37. The number of sulfone groups is 1. The molecule has 0 aliphatic rings. The minimum absolute atomic E-state index is 0.0916. The van der Waals surface area contributed by atoms with E-state index in [-0.39, 0.29) is 22.0 Å². The normalized spacial score (nSPS) is 11.4. The minimum atomic E-state index is -4.00. The molecule has 3 aromatic rings. The number of esters is 1. The molecule has 1 heterocycles. The highest BCUT2D eigenvalue weighted by Crippen LogP contribution is 2.33. The summed E-state index contributed by atoms with van der Waals surface area (Å²) < 4.78 is 37.1. The van der Waals surface area contributed by atoms with Crippen molar-refractivity contribution >= 4 is 26.7 Å². The Morgan fingerprint density at radius 3 is 2.44 bits per heavy atom. The number of ether oxygens (including phenoxy) is 2. The second kappa shape index (κ2) is 7.36. The molecule has 6 nitrogen and oxygen atoms in total. The second-order valence-electron chi connectivity index (χ2n) is 5.92. The maximum atomic E-state index is 13.4. The van der Waals surface area contributed by atoms with Gasteiger partial charge in [-0.3, -0.25) is 4.98 Å². The average Bonchev–Trinajstić information content (AvgIpc) is 2.67. The van der Waals surface area contributed by atoms with Crippen LogP contribution in [-0.2, 0) is 14.6 Å². The van der Waals surface area contributed by atoms with Crippen LogP contribution in [-0.4, -0.2) is 33.1 Å². The third-order valence-electron chi connectivity index (χ3n) is 4.12. The molecule has 0 unspecified atom stereocenters. The van der Waals surface area contributed by atoms with E-state index in [1.54, 1.807) is 37.3 Å². The van der Waals surface area contributed by atoms with Crippen LogP contribution in [0.4, 0.5) is 0 Å². The molecular formula is C20H19NO5S. The molecule has 0 saturated carbocycles. The SMILES string of the molecule is CCOC(=O)c1cnc2ccc(OC)cc2c1S(=O)(=O)c1ccc(C)cc1. The monoisotopic (exact) mass is 385 g/mol. The van der Waals surface area contributed by atoms with Gasteiger partial charge in [0, 0.05) is 11.6 Å². The van der Waals surface area contributed by atoms with E-state index in [0.29, 0.717) is 16.7 Å². The summed E-state index contributed by atoms with van der Waals surface area (Å²) in [6, 6.07) is 11.4. The summed E-state index contributed by atoms with van der Waals surface area (Å²) in [4.78, 5) is 16.6. The van der Waals surface area contributed by atoms with Crippen molar-refractivity contribution in [1.82, 2.24) is 4.98 Å². The minimum Gasteiger partial charge on any atom is -0.497 e. The Labute approximate surface area is 157 Å². The molecule has 140 valence electrons. The molecule has 0 radical (unpaired) electrons.